The third kappa shape index (κ3) is 5.85. The zero-order valence-electron chi connectivity index (χ0n) is 18.2. The number of nitrogens with zero attached hydrogens (tertiary/aromatic N) is 1. The second kappa shape index (κ2) is 10.3. The smallest absolute Gasteiger partial charge is 0.242 e. The van der Waals surface area contributed by atoms with E-state index in [2.05, 4.69) is 5.32 Å². The van der Waals surface area contributed by atoms with Crippen molar-refractivity contribution in [2.24, 2.45) is 0 Å². The number of carbonyl (C=O) groups excluding carboxylic acids is 2. The van der Waals surface area contributed by atoms with Crippen LogP contribution < -0.4 is 10.1 Å². The number of hydrogen-bond donors (Lipinski definition) is 1. The first-order chi connectivity index (χ1) is 14.5. The van der Waals surface area contributed by atoms with Gasteiger partial charge in [0.15, 0.2) is 0 Å². The third-order valence-electron chi connectivity index (χ3n) is 5.86. The topological polar surface area (TPSA) is 58.6 Å². The van der Waals surface area contributed by atoms with Gasteiger partial charge < -0.3 is 15.0 Å². The van der Waals surface area contributed by atoms with Gasteiger partial charge in [-0.1, -0.05) is 54.8 Å². The van der Waals surface area contributed by atoms with Crippen LogP contribution in [0.4, 0.5) is 0 Å². The number of nitrogens with one attached hydrogen (secondary N) is 1. The van der Waals surface area contributed by atoms with E-state index in [0.29, 0.717) is 6.54 Å². The lowest BCUT2D eigenvalue weighted by molar-refractivity contribution is -0.140. The van der Waals surface area contributed by atoms with Crippen molar-refractivity contribution in [2.45, 2.75) is 64.6 Å². The first kappa shape index (κ1) is 21.9. The molecule has 1 atom stereocenters. The lowest BCUT2D eigenvalue weighted by Crippen LogP contribution is -2.50. The van der Waals surface area contributed by atoms with Crippen LogP contribution in [0.3, 0.4) is 0 Å². The fraction of sp³-hybridized carbons (Fsp3) is 0.440. The molecule has 1 fully saturated rings. The van der Waals surface area contributed by atoms with E-state index in [1.807, 2.05) is 62.4 Å². The fourth-order valence-electron chi connectivity index (χ4n) is 3.88. The zero-order chi connectivity index (χ0) is 21.5. The predicted molar refractivity (Wildman–Crippen MR) is 118 cm³/mol. The summed E-state index contributed by atoms with van der Waals surface area (Å²) < 4.78 is 5.23. The van der Waals surface area contributed by atoms with Crippen LogP contribution in [0.15, 0.2) is 48.5 Å². The van der Waals surface area contributed by atoms with Crippen molar-refractivity contribution < 1.29 is 14.3 Å². The average Bonchev–Trinajstić information content (AvgIpc) is 3.26. The molecule has 2 aromatic carbocycles. The van der Waals surface area contributed by atoms with Gasteiger partial charge in [-0.3, -0.25) is 9.59 Å². The van der Waals surface area contributed by atoms with E-state index >= 15 is 0 Å². The van der Waals surface area contributed by atoms with E-state index in [0.717, 1.165) is 48.1 Å². The molecular weight excluding hydrogens is 376 g/mol. The van der Waals surface area contributed by atoms with Crippen molar-refractivity contribution in [1.82, 2.24) is 10.2 Å². The summed E-state index contributed by atoms with van der Waals surface area (Å²) in [4.78, 5) is 27.8. The molecule has 160 valence electrons. The van der Waals surface area contributed by atoms with Crippen LogP contribution in [0.2, 0.25) is 0 Å². The molecule has 0 aromatic heterocycles. The highest BCUT2D eigenvalue weighted by molar-refractivity contribution is 5.88. The van der Waals surface area contributed by atoms with Crippen LogP contribution in [-0.2, 0) is 22.6 Å². The number of amides is 2. The van der Waals surface area contributed by atoms with E-state index < -0.39 is 6.04 Å². The second-order valence-electron chi connectivity index (χ2n) is 8.20. The Morgan fingerprint density at radius 1 is 1.03 bits per heavy atom. The van der Waals surface area contributed by atoms with Gasteiger partial charge in [-0.15, -0.1) is 0 Å². The lowest BCUT2D eigenvalue weighted by Gasteiger charge is -2.30. The summed E-state index contributed by atoms with van der Waals surface area (Å²) in [5.41, 5.74) is 3.08. The van der Waals surface area contributed by atoms with Crippen LogP contribution in [0.25, 0.3) is 0 Å². The SMILES string of the molecule is COc1ccc(CN(C(=O)Cc2ccc(C)cc2)[C@H](C)C(=O)NC2CCCC2)cc1. The summed E-state index contributed by atoms with van der Waals surface area (Å²) in [6.45, 7) is 4.23. The number of ether oxygens (including phenoxy) is 1. The quantitative estimate of drug-likeness (QED) is 0.718. The highest BCUT2D eigenvalue weighted by Gasteiger charge is 2.28. The Bertz CT molecular complexity index is 840. The van der Waals surface area contributed by atoms with Crippen molar-refractivity contribution >= 4 is 11.8 Å². The Hall–Kier alpha value is -2.82. The first-order valence-corrected chi connectivity index (χ1v) is 10.7. The minimum atomic E-state index is -0.536. The Labute approximate surface area is 179 Å². The van der Waals surface area contributed by atoms with Crippen molar-refractivity contribution in [2.75, 3.05) is 7.11 Å². The zero-order valence-corrected chi connectivity index (χ0v) is 18.2. The Morgan fingerprint density at radius 2 is 1.63 bits per heavy atom. The standard InChI is InChI=1S/C25H32N2O3/c1-18-8-10-20(11-9-18)16-24(28)27(17-21-12-14-23(30-3)15-13-21)19(2)25(29)26-22-6-4-5-7-22/h8-15,19,22H,4-7,16-17H2,1-3H3,(H,26,29)/t19-/m1/s1. The summed E-state index contributed by atoms with van der Waals surface area (Å²) in [6.07, 6.45) is 4.63. The molecule has 3 rings (SSSR count). The second-order valence-corrected chi connectivity index (χ2v) is 8.20. The molecule has 0 heterocycles. The Morgan fingerprint density at radius 3 is 2.23 bits per heavy atom. The minimum absolute atomic E-state index is 0.0521. The summed E-state index contributed by atoms with van der Waals surface area (Å²) in [7, 11) is 1.63. The van der Waals surface area contributed by atoms with Gasteiger partial charge in [0, 0.05) is 12.6 Å². The third-order valence-corrected chi connectivity index (χ3v) is 5.86. The van der Waals surface area contributed by atoms with Crippen molar-refractivity contribution in [3.05, 3.63) is 65.2 Å². The number of carbonyl (C=O) groups is 2. The van der Waals surface area contributed by atoms with Gasteiger partial charge in [-0.2, -0.15) is 0 Å². The van der Waals surface area contributed by atoms with Crippen LogP contribution >= 0.6 is 0 Å². The van der Waals surface area contributed by atoms with Crippen LogP contribution in [0.1, 0.15) is 49.3 Å². The Balaban J connectivity index is 1.75. The van der Waals surface area contributed by atoms with Gasteiger partial charge in [0.05, 0.1) is 13.5 Å². The number of methoxy groups -OCH3 is 1. The number of hydrogen-bond acceptors (Lipinski definition) is 3. The molecule has 0 spiro atoms. The number of rotatable bonds is 8. The van der Waals surface area contributed by atoms with Crippen molar-refractivity contribution in [3.63, 3.8) is 0 Å². The summed E-state index contributed by atoms with van der Waals surface area (Å²) in [5.74, 6) is 0.639. The van der Waals surface area contributed by atoms with Gasteiger partial charge in [-0.05, 0) is 49.9 Å². The molecule has 0 aliphatic heterocycles. The molecule has 1 aliphatic rings. The molecule has 5 heteroatoms. The summed E-state index contributed by atoms with van der Waals surface area (Å²) >= 11 is 0. The lowest BCUT2D eigenvalue weighted by atomic mass is 10.1. The molecular formula is C25H32N2O3. The van der Waals surface area contributed by atoms with Crippen LogP contribution in [0.5, 0.6) is 5.75 Å². The monoisotopic (exact) mass is 408 g/mol. The average molecular weight is 409 g/mol. The molecule has 0 radical (unpaired) electrons. The highest BCUT2D eigenvalue weighted by Crippen LogP contribution is 2.19. The van der Waals surface area contributed by atoms with E-state index in [9.17, 15) is 9.59 Å². The van der Waals surface area contributed by atoms with Crippen LogP contribution in [0, 0.1) is 6.92 Å². The molecule has 1 aliphatic carbocycles. The molecule has 2 aromatic rings. The molecule has 0 unspecified atom stereocenters. The highest BCUT2D eigenvalue weighted by atomic mass is 16.5. The first-order valence-electron chi connectivity index (χ1n) is 10.7. The van der Waals surface area contributed by atoms with E-state index in [1.165, 1.54) is 0 Å². The maximum Gasteiger partial charge on any atom is 0.242 e. The fourth-order valence-corrected chi connectivity index (χ4v) is 3.88. The van der Waals surface area contributed by atoms with Crippen molar-refractivity contribution in [1.29, 1.82) is 0 Å². The number of aryl methyl sites for hydroxylation is 1. The molecule has 0 bridgehead atoms. The van der Waals surface area contributed by atoms with Gasteiger partial charge in [0.1, 0.15) is 11.8 Å². The van der Waals surface area contributed by atoms with Gasteiger partial charge in [-0.25, -0.2) is 0 Å². The minimum Gasteiger partial charge on any atom is -0.497 e. The van der Waals surface area contributed by atoms with E-state index in [-0.39, 0.29) is 24.3 Å². The van der Waals surface area contributed by atoms with Gasteiger partial charge >= 0.3 is 0 Å². The largest absolute Gasteiger partial charge is 0.497 e. The summed E-state index contributed by atoms with van der Waals surface area (Å²) in [5, 5.41) is 3.14. The summed E-state index contributed by atoms with van der Waals surface area (Å²) in [6, 6.07) is 15.3. The molecule has 1 N–H and O–H groups in total. The molecule has 0 saturated heterocycles. The predicted octanol–water partition coefficient (Wildman–Crippen LogP) is 4.02. The van der Waals surface area contributed by atoms with Gasteiger partial charge in [0.2, 0.25) is 11.8 Å². The molecule has 2 amide bonds. The maximum absolute atomic E-state index is 13.2. The van der Waals surface area contributed by atoms with Gasteiger partial charge in [0.25, 0.3) is 0 Å². The van der Waals surface area contributed by atoms with E-state index in [4.69, 9.17) is 4.74 Å². The maximum atomic E-state index is 13.2. The Kier molecular flexibility index (Phi) is 7.50. The van der Waals surface area contributed by atoms with E-state index in [1.54, 1.807) is 12.0 Å². The van der Waals surface area contributed by atoms with Crippen LogP contribution in [-0.4, -0.2) is 35.9 Å². The molecule has 1 saturated carbocycles. The molecule has 5 nitrogen and oxygen atoms in total. The van der Waals surface area contributed by atoms with Crippen molar-refractivity contribution in [3.8, 4) is 5.75 Å². The normalized spacial score (nSPS) is 14.9. The number of benzene rings is 2. The molecule has 30 heavy (non-hydrogen) atoms.